The van der Waals surface area contributed by atoms with Crippen molar-refractivity contribution in [1.82, 2.24) is 0 Å². The molecular formula is C26H39MnO2P. The summed E-state index contributed by atoms with van der Waals surface area (Å²) < 4.78 is 0. The average Bonchev–Trinajstić information content (AvgIpc) is 3.37. The molecule has 0 aromatic rings. The van der Waals surface area contributed by atoms with E-state index in [2.05, 4.69) is 23.8 Å². The van der Waals surface area contributed by atoms with E-state index in [0.29, 0.717) is 11.3 Å². The van der Waals surface area contributed by atoms with Crippen LogP contribution in [0.15, 0.2) is 23.8 Å². The first-order chi connectivity index (χ1) is 13.8. The fraction of sp³-hybridized carbons (Fsp3) is 0.692. The summed E-state index contributed by atoms with van der Waals surface area (Å²) in [6, 6.07) is 0. The fourth-order valence-corrected chi connectivity index (χ4v) is 11.7. The van der Waals surface area contributed by atoms with Gasteiger partial charge in [-0.3, -0.25) is 6.08 Å². The number of hydrogen-bond donors (Lipinski definition) is 0. The molecule has 0 aromatic heterocycles. The van der Waals surface area contributed by atoms with Crippen LogP contribution in [0, 0.1) is 13.5 Å². The van der Waals surface area contributed by atoms with Crippen molar-refractivity contribution >= 4 is 18.5 Å². The molecule has 4 aliphatic rings. The molecule has 167 valence electrons. The zero-order valence-corrected chi connectivity index (χ0v) is 20.8. The summed E-state index contributed by atoms with van der Waals surface area (Å²) in [7, 11) is 0. The monoisotopic (exact) mass is 469 g/mol. The van der Waals surface area contributed by atoms with E-state index in [1.54, 1.807) is 0 Å². The third kappa shape index (κ3) is 6.48. The van der Waals surface area contributed by atoms with Crippen molar-refractivity contribution in [2.75, 3.05) is 0 Å². The first-order valence-corrected chi connectivity index (χ1v) is 13.6. The van der Waals surface area contributed by atoms with Gasteiger partial charge in [0.05, 0.1) is 0 Å². The van der Waals surface area contributed by atoms with Crippen molar-refractivity contribution in [2.45, 2.75) is 113 Å². The molecule has 0 saturated heterocycles. The standard InChI is InChI=1S/C20H31O2P.C5H5.CH3.Mn/c21-15-17-9-7-8-14-20(17)23(16-22,18-10-3-1-4-11-18)19-12-5-2-6-13-19;1-2-4-5-3-1;;/h18-20H,1-14H2;1-3H,4H2;1H3;/q;2*-1;+2. The second-order valence-corrected chi connectivity index (χ2v) is 12.8. The minimum atomic E-state index is -1.88. The van der Waals surface area contributed by atoms with Gasteiger partial charge in [0.2, 0.25) is 0 Å². The van der Waals surface area contributed by atoms with Gasteiger partial charge in [-0.05, 0) is 63.1 Å². The molecule has 0 bridgehead atoms. The zero-order valence-electron chi connectivity index (χ0n) is 18.7. The first-order valence-electron chi connectivity index (χ1n) is 11.6. The second kappa shape index (κ2) is 14.5. The molecule has 2 nitrogen and oxygen atoms in total. The quantitative estimate of drug-likeness (QED) is 0.190. The summed E-state index contributed by atoms with van der Waals surface area (Å²) in [5.74, 6) is 2.29. The van der Waals surface area contributed by atoms with Gasteiger partial charge in [0.15, 0.2) is 0 Å². The van der Waals surface area contributed by atoms with Crippen molar-refractivity contribution in [2.24, 2.45) is 0 Å². The van der Waals surface area contributed by atoms with Crippen molar-refractivity contribution in [1.29, 1.82) is 0 Å². The Balaban J connectivity index is 0.000000566. The molecule has 0 aliphatic heterocycles. The van der Waals surface area contributed by atoms with Crippen LogP contribution in [0.2, 0.25) is 0 Å². The van der Waals surface area contributed by atoms with E-state index in [1.165, 1.54) is 70.6 Å². The molecular weight excluding hydrogens is 430 g/mol. The molecule has 4 rings (SSSR count). The van der Waals surface area contributed by atoms with E-state index in [4.69, 9.17) is 0 Å². The molecule has 0 heterocycles. The van der Waals surface area contributed by atoms with Gasteiger partial charge in [0.1, 0.15) is 11.6 Å². The number of allylic oxidation sites excluding steroid dienone is 5. The molecule has 4 heteroatoms. The predicted octanol–water partition coefficient (Wildman–Crippen LogP) is 7.19. The molecule has 0 amide bonds. The summed E-state index contributed by atoms with van der Waals surface area (Å²) in [4.78, 5) is 24.2. The van der Waals surface area contributed by atoms with E-state index < -0.39 is 6.89 Å². The van der Waals surface area contributed by atoms with Crippen LogP contribution in [0.1, 0.15) is 96.3 Å². The van der Waals surface area contributed by atoms with Crippen LogP contribution in [0.3, 0.4) is 0 Å². The Morgan fingerprint density at radius 1 is 0.833 bits per heavy atom. The Morgan fingerprint density at radius 2 is 1.40 bits per heavy atom. The molecule has 4 aliphatic carbocycles. The first kappa shape index (κ1) is 27.5. The molecule has 0 aromatic carbocycles. The summed E-state index contributed by atoms with van der Waals surface area (Å²) in [6.07, 6.45) is 26.8. The third-order valence-corrected chi connectivity index (χ3v) is 12.7. The van der Waals surface area contributed by atoms with E-state index in [-0.39, 0.29) is 30.2 Å². The summed E-state index contributed by atoms with van der Waals surface area (Å²) >= 11 is 0. The van der Waals surface area contributed by atoms with Crippen LogP contribution in [0.5, 0.6) is 0 Å². The molecule has 0 N–H and O–H groups in total. The maximum absolute atomic E-state index is 12.6. The molecule has 1 unspecified atom stereocenters. The minimum absolute atomic E-state index is 0. The van der Waals surface area contributed by atoms with Gasteiger partial charge in [-0.2, -0.15) is 6.08 Å². The van der Waals surface area contributed by atoms with Crippen molar-refractivity contribution in [3.63, 3.8) is 0 Å². The fourth-order valence-electron chi connectivity index (χ4n) is 5.96. The Hall–Kier alpha value is -0.541. The van der Waals surface area contributed by atoms with Gasteiger partial charge in [-0.1, -0.05) is 44.9 Å². The Morgan fingerprint density at radius 3 is 1.80 bits per heavy atom. The van der Waals surface area contributed by atoms with E-state index in [1.807, 2.05) is 12.2 Å². The van der Waals surface area contributed by atoms with Gasteiger partial charge in [-0.15, -0.1) is 6.42 Å². The Kier molecular flexibility index (Phi) is 13.3. The zero-order chi connectivity index (χ0) is 19.7. The van der Waals surface area contributed by atoms with Crippen LogP contribution < -0.4 is 0 Å². The molecule has 1 atom stereocenters. The molecule has 3 fully saturated rings. The SMILES string of the molecule is O=C=C1CCCCC1P(=C=O)(C1CCCCC1)C1CCCCC1.[C-]1=CC=CC1.[CH3-].[Mn+2]. The molecule has 3 saturated carbocycles. The summed E-state index contributed by atoms with van der Waals surface area (Å²) in [6.45, 7) is -1.88. The largest absolute Gasteiger partial charge is 2.00 e. The van der Waals surface area contributed by atoms with Crippen molar-refractivity contribution in [3.05, 3.63) is 37.3 Å². The van der Waals surface area contributed by atoms with Gasteiger partial charge < -0.3 is 7.43 Å². The molecule has 1 radical (unpaired) electrons. The van der Waals surface area contributed by atoms with Crippen LogP contribution >= 0.6 is 6.89 Å². The van der Waals surface area contributed by atoms with Gasteiger partial charge >= 0.3 is 17.1 Å². The smallest absolute Gasteiger partial charge is 0.358 e. The van der Waals surface area contributed by atoms with Crippen LogP contribution in [-0.2, 0) is 26.7 Å². The van der Waals surface area contributed by atoms with Crippen molar-refractivity contribution in [3.8, 4) is 0 Å². The van der Waals surface area contributed by atoms with E-state index >= 15 is 0 Å². The van der Waals surface area contributed by atoms with Crippen molar-refractivity contribution < 1.29 is 26.7 Å². The van der Waals surface area contributed by atoms with Gasteiger partial charge in [-0.25, -0.2) is 21.7 Å². The Labute approximate surface area is 195 Å². The second-order valence-electron chi connectivity index (χ2n) is 8.90. The maximum Gasteiger partial charge on any atom is 2.00 e. The predicted molar refractivity (Wildman–Crippen MR) is 126 cm³/mol. The molecule has 0 spiro atoms. The topological polar surface area (TPSA) is 34.1 Å². The van der Waals surface area contributed by atoms with Crippen LogP contribution in [0.4, 0.5) is 0 Å². The number of hydrogen-bond acceptors (Lipinski definition) is 2. The normalized spacial score (nSPS) is 24.5. The van der Waals surface area contributed by atoms with Gasteiger partial charge in [0, 0.05) is 11.2 Å². The number of carbonyl (C=O) groups excluding carboxylic acids is 2. The van der Waals surface area contributed by atoms with Gasteiger partial charge in [0.25, 0.3) is 0 Å². The maximum atomic E-state index is 12.6. The minimum Gasteiger partial charge on any atom is -0.358 e. The number of rotatable bonds is 3. The van der Waals surface area contributed by atoms with E-state index in [9.17, 15) is 9.59 Å². The summed E-state index contributed by atoms with van der Waals surface area (Å²) in [5, 5.41) is 0. The third-order valence-electron chi connectivity index (χ3n) is 7.32. The average molecular weight is 470 g/mol. The molecule has 30 heavy (non-hydrogen) atoms. The summed E-state index contributed by atoms with van der Waals surface area (Å²) in [5.41, 5.74) is 5.08. The Bertz CT molecular complexity index is 654. The van der Waals surface area contributed by atoms with Crippen LogP contribution in [-0.4, -0.2) is 28.6 Å². The van der Waals surface area contributed by atoms with E-state index in [0.717, 1.165) is 31.3 Å². The van der Waals surface area contributed by atoms with Crippen LogP contribution in [0.25, 0.3) is 0 Å².